The quantitative estimate of drug-likeness (QED) is 0.210. The maximum Gasteiger partial charge on any atom is 0.196 e. The van der Waals surface area contributed by atoms with Crippen LogP contribution in [0.25, 0.3) is 0 Å². The highest BCUT2D eigenvalue weighted by Crippen LogP contribution is 2.39. The van der Waals surface area contributed by atoms with Crippen LogP contribution in [0.4, 0.5) is 0 Å². The maximum atomic E-state index is 6.05. The monoisotopic (exact) mass is 326 g/mol. The van der Waals surface area contributed by atoms with Gasteiger partial charge >= 0.3 is 0 Å². The minimum Gasteiger partial charge on any atom is -0.0881 e. The molecule has 0 spiro atoms. The summed E-state index contributed by atoms with van der Waals surface area (Å²) in [6, 6.07) is 0. The maximum absolute atomic E-state index is 6.05. The second-order valence-electron chi connectivity index (χ2n) is 5.27. The first kappa shape index (κ1) is 19.6. The van der Waals surface area contributed by atoms with Crippen molar-refractivity contribution in [1.82, 2.24) is 0 Å². The smallest absolute Gasteiger partial charge is 0.0881 e. The van der Waals surface area contributed by atoms with Gasteiger partial charge in [0.05, 0.1) is 0 Å². The first-order valence-corrected chi connectivity index (χ1v) is 8.89. The lowest BCUT2D eigenvalue weighted by molar-refractivity contribution is 0.523. The minimum absolute atomic E-state index is 0.0560. The molecule has 0 heterocycles. The molecule has 0 nitrogen and oxygen atoms in total. The van der Waals surface area contributed by atoms with Gasteiger partial charge in [0.2, 0.25) is 0 Å². The van der Waals surface area contributed by atoms with Crippen LogP contribution in [0.3, 0.4) is 0 Å². The van der Waals surface area contributed by atoms with E-state index in [0.29, 0.717) is 0 Å². The van der Waals surface area contributed by atoms with Crippen LogP contribution in [0.1, 0.15) is 78.1 Å². The zero-order chi connectivity index (χ0) is 14.6. The van der Waals surface area contributed by atoms with Crippen molar-refractivity contribution in [3.8, 4) is 0 Å². The van der Waals surface area contributed by atoms with Gasteiger partial charge in [-0.1, -0.05) is 112 Å². The Morgan fingerprint density at radius 2 is 1.42 bits per heavy atom. The fourth-order valence-corrected chi connectivity index (χ4v) is 2.64. The van der Waals surface area contributed by atoms with Crippen LogP contribution in [0.15, 0.2) is 12.2 Å². The van der Waals surface area contributed by atoms with E-state index < -0.39 is 3.79 Å². The third-order valence-corrected chi connectivity index (χ3v) is 4.22. The van der Waals surface area contributed by atoms with E-state index in [0.717, 1.165) is 19.3 Å². The summed E-state index contributed by atoms with van der Waals surface area (Å²) in [5.41, 5.74) is 0. The number of halogens is 3. The molecular weight excluding hydrogens is 299 g/mol. The highest BCUT2D eigenvalue weighted by atomic mass is 35.6. The summed E-state index contributed by atoms with van der Waals surface area (Å²) in [4.78, 5) is 0. The summed E-state index contributed by atoms with van der Waals surface area (Å²) < 4.78 is -1.16. The van der Waals surface area contributed by atoms with Crippen molar-refractivity contribution in [1.29, 1.82) is 0 Å². The highest BCUT2D eigenvalue weighted by molar-refractivity contribution is 6.67. The third-order valence-electron chi connectivity index (χ3n) is 3.38. The van der Waals surface area contributed by atoms with E-state index in [1.807, 2.05) is 0 Å². The van der Waals surface area contributed by atoms with Gasteiger partial charge in [0.15, 0.2) is 3.79 Å². The molecule has 1 unspecified atom stereocenters. The van der Waals surface area contributed by atoms with E-state index in [-0.39, 0.29) is 5.92 Å². The standard InChI is InChI=1S/C16H29Cl3/c1-3-5-7-9-10-12-14-15(16(17,18)19)13-11-8-6-4-2/h11,13,15H,3-10,12,14H2,1-2H3. The molecule has 0 rings (SSSR count). The SMILES string of the molecule is CCCCC=CC(CCCCCCCC)C(Cl)(Cl)Cl. The molecule has 0 aromatic carbocycles. The Kier molecular flexibility index (Phi) is 12.8. The number of allylic oxidation sites excluding steroid dienone is 2. The molecule has 0 aromatic heterocycles. The summed E-state index contributed by atoms with van der Waals surface area (Å²) >= 11 is 18.2. The van der Waals surface area contributed by atoms with Crippen molar-refractivity contribution < 1.29 is 0 Å². The molecule has 0 aliphatic carbocycles. The molecule has 0 N–H and O–H groups in total. The summed E-state index contributed by atoms with van der Waals surface area (Å²) in [7, 11) is 0. The molecule has 114 valence electrons. The minimum atomic E-state index is -1.16. The van der Waals surface area contributed by atoms with Gasteiger partial charge < -0.3 is 0 Å². The van der Waals surface area contributed by atoms with Gasteiger partial charge in [0, 0.05) is 5.92 Å². The fourth-order valence-electron chi connectivity index (χ4n) is 2.10. The molecule has 0 aliphatic heterocycles. The van der Waals surface area contributed by atoms with Gasteiger partial charge in [-0.25, -0.2) is 0 Å². The van der Waals surface area contributed by atoms with E-state index in [1.165, 1.54) is 44.9 Å². The third kappa shape index (κ3) is 12.1. The van der Waals surface area contributed by atoms with Gasteiger partial charge in [-0.15, -0.1) is 0 Å². The molecule has 0 aromatic rings. The van der Waals surface area contributed by atoms with Crippen molar-refractivity contribution in [2.45, 2.75) is 81.8 Å². The topological polar surface area (TPSA) is 0 Å². The average molecular weight is 328 g/mol. The molecular formula is C16H29Cl3. The molecule has 19 heavy (non-hydrogen) atoms. The van der Waals surface area contributed by atoms with Crippen LogP contribution in [0.2, 0.25) is 0 Å². The van der Waals surface area contributed by atoms with Gasteiger partial charge in [-0.05, 0) is 12.8 Å². The molecule has 0 saturated carbocycles. The average Bonchev–Trinajstić information content (AvgIpc) is 2.34. The lowest BCUT2D eigenvalue weighted by atomic mass is 10.0. The summed E-state index contributed by atoms with van der Waals surface area (Å²) in [5, 5.41) is 0. The van der Waals surface area contributed by atoms with Crippen LogP contribution >= 0.6 is 34.8 Å². The van der Waals surface area contributed by atoms with E-state index >= 15 is 0 Å². The lowest BCUT2D eigenvalue weighted by Gasteiger charge is -2.21. The number of hydrogen-bond acceptors (Lipinski definition) is 0. The van der Waals surface area contributed by atoms with Crippen molar-refractivity contribution in [3.05, 3.63) is 12.2 Å². The van der Waals surface area contributed by atoms with Crippen LogP contribution < -0.4 is 0 Å². The van der Waals surface area contributed by atoms with Gasteiger partial charge in [-0.2, -0.15) is 0 Å². The van der Waals surface area contributed by atoms with Crippen molar-refractivity contribution >= 4 is 34.8 Å². The van der Waals surface area contributed by atoms with Crippen LogP contribution in [0.5, 0.6) is 0 Å². The van der Waals surface area contributed by atoms with Gasteiger partial charge in [0.25, 0.3) is 0 Å². The lowest BCUT2D eigenvalue weighted by Crippen LogP contribution is -2.16. The molecule has 0 radical (unpaired) electrons. The van der Waals surface area contributed by atoms with Gasteiger partial charge in [-0.3, -0.25) is 0 Å². The number of unbranched alkanes of at least 4 members (excludes halogenated alkanes) is 7. The zero-order valence-electron chi connectivity index (χ0n) is 12.4. The first-order chi connectivity index (χ1) is 9.02. The molecule has 0 amide bonds. The van der Waals surface area contributed by atoms with E-state index in [4.69, 9.17) is 34.8 Å². The van der Waals surface area contributed by atoms with E-state index in [9.17, 15) is 0 Å². The number of rotatable bonds is 11. The van der Waals surface area contributed by atoms with E-state index in [1.54, 1.807) is 0 Å². The number of hydrogen-bond donors (Lipinski definition) is 0. The Labute approximate surface area is 134 Å². The van der Waals surface area contributed by atoms with Crippen molar-refractivity contribution in [2.24, 2.45) is 5.92 Å². The Hall–Kier alpha value is 0.610. The van der Waals surface area contributed by atoms with Gasteiger partial charge in [0.1, 0.15) is 0 Å². The largest absolute Gasteiger partial charge is 0.196 e. The Morgan fingerprint density at radius 1 is 0.842 bits per heavy atom. The summed E-state index contributed by atoms with van der Waals surface area (Å²) in [6.07, 6.45) is 16.4. The second kappa shape index (κ2) is 12.4. The zero-order valence-corrected chi connectivity index (χ0v) is 14.7. The summed E-state index contributed by atoms with van der Waals surface area (Å²) in [6.45, 7) is 4.43. The van der Waals surface area contributed by atoms with E-state index in [2.05, 4.69) is 26.0 Å². The molecule has 0 fully saturated rings. The Morgan fingerprint density at radius 3 is 2.00 bits per heavy atom. The molecule has 0 saturated heterocycles. The van der Waals surface area contributed by atoms with Crippen LogP contribution in [-0.2, 0) is 0 Å². The number of alkyl halides is 3. The molecule has 0 bridgehead atoms. The highest BCUT2D eigenvalue weighted by Gasteiger charge is 2.29. The van der Waals surface area contributed by atoms with Crippen LogP contribution in [0, 0.1) is 5.92 Å². The Balaban J connectivity index is 3.91. The van der Waals surface area contributed by atoms with Crippen molar-refractivity contribution in [2.75, 3.05) is 0 Å². The fraction of sp³-hybridized carbons (Fsp3) is 0.875. The molecule has 3 heteroatoms. The summed E-state index contributed by atoms with van der Waals surface area (Å²) in [5.74, 6) is 0.0560. The molecule has 1 atom stereocenters. The normalized spacial score (nSPS) is 14.2. The predicted molar refractivity (Wildman–Crippen MR) is 90.4 cm³/mol. The van der Waals surface area contributed by atoms with Crippen molar-refractivity contribution in [3.63, 3.8) is 0 Å². The Bertz CT molecular complexity index is 219. The molecule has 0 aliphatic rings. The second-order valence-corrected chi connectivity index (χ2v) is 7.64. The van der Waals surface area contributed by atoms with Crippen LogP contribution in [-0.4, -0.2) is 3.79 Å². The predicted octanol–water partition coefficient (Wildman–Crippen LogP) is 7.47. The first-order valence-electron chi connectivity index (χ1n) is 7.75.